The molecule has 2 aromatic heterocycles. The Morgan fingerprint density at radius 1 is 1.39 bits per heavy atom. The lowest BCUT2D eigenvalue weighted by Gasteiger charge is -2.41. The predicted molar refractivity (Wildman–Crippen MR) is 90.9 cm³/mol. The fraction of sp³-hybridized carbons (Fsp3) is 0.600. The normalized spacial score (nSPS) is 21.3. The van der Waals surface area contributed by atoms with Crippen LogP contribution in [0.2, 0.25) is 0 Å². The second-order valence-corrected chi connectivity index (χ2v) is 8.03. The first-order valence-corrected chi connectivity index (χ1v) is 9.66. The molecule has 0 aromatic carbocycles. The smallest absolute Gasteiger partial charge is 0.211 e. The zero-order valence-corrected chi connectivity index (χ0v) is 14.3. The molecule has 0 unspecified atom stereocenters. The zero-order chi connectivity index (χ0) is 16.4. The molecule has 0 atom stereocenters. The fourth-order valence-electron chi connectivity index (χ4n) is 2.96. The molecular weight excluding hydrogens is 314 g/mol. The topological polar surface area (TPSA) is 91.0 Å². The van der Waals surface area contributed by atoms with Crippen LogP contribution in [0.3, 0.4) is 0 Å². The molecule has 1 fully saturated rings. The van der Waals surface area contributed by atoms with Crippen LogP contribution < -0.4 is 9.62 Å². The molecule has 0 aliphatic heterocycles. The maximum Gasteiger partial charge on any atom is 0.211 e. The number of hydrogen-bond donors (Lipinski definition) is 2. The number of rotatable bonds is 7. The van der Waals surface area contributed by atoms with Crippen LogP contribution in [0.15, 0.2) is 18.6 Å². The summed E-state index contributed by atoms with van der Waals surface area (Å²) in [4.78, 5) is 13.8. The minimum absolute atomic E-state index is 0.0351. The Kier molecular flexibility index (Phi) is 4.54. The van der Waals surface area contributed by atoms with Crippen molar-refractivity contribution in [2.75, 3.05) is 17.7 Å². The monoisotopic (exact) mass is 337 g/mol. The number of nitrogens with zero attached hydrogens (tertiary/aromatic N) is 3. The van der Waals surface area contributed by atoms with Gasteiger partial charge in [-0.3, -0.25) is 0 Å². The summed E-state index contributed by atoms with van der Waals surface area (Å²) in [5.41, 5.74) is 0.818. The van der Waals surface area contributed by atoms with E-state index in [1.807, 2.05) is 26.2 Å². The summed E-state index contributed by atoms with van der Waals surface area (Å²) >= 11 is 0. The van der Waals surface area contributed by atoms with Crippen LogP contribution in [0.5, 0.6) is 0 Å². The van der Waals surface area contributed by atoms with E-state index in [0.717, 1.165) is 36.1 Å². The quantitative estimate of drug-likeness (QED) is 0.801. The molecule has 0 spiro atoms. The Balaban J connectivity index is 1.60. The molecule has 0 saturated heterocycles. The van der Waals surface area contributed by atoms with Crippen LogP contribution in [0.1, 0.15) is 32.6 Å². The highest BCUT2D eigenvalue weighted by molar-refractivity contribution is 7.89. The minimum atomic E-state index is -3.14. The SMILES string of the molecule is CCCCS(=O)(=O)NC1CC(N(C)c2ncnc3[nH]ccc23)C1. The fourth-order valence-corrected chi connectivity index (χ4v) is 4.45. The number of anilines is 1. The minimum Gasteiger partial charge on any atom is -0.356 e. The van der Waals surface area contributed by atoms with Crippen LogP contribution in [0.4, 0.5) is 5.82 Å². The van der Waals surface area contributed by atoms with Gasteiger partial charge in [0.2, 0.25) is 10.0 Å². The number of unbranched alkanes of at least 4 members (excludes halogenated alkanes) is 1. The van der Waals surface area contributed by atoms with Gasteiger partial charge in [-0.05, 0) is 25.3 Å². The highest BCUT2D eigenvalue weighted by atomic mass is 32.2. The number of nitrogens with one attached hydrogen (secondary N) is 2. The van der Waals surface area contributed by atoms with Gasteiger partial charge in [-0.1, -0.05) is 13.3 Å². The number of H-pyrrole nitrogens is 1. The molecule has 2 N–H and O–H groups in total. The number of fused-ring (bicyclic) bond motifs is 1. The standard InChI is InChI=1S/C15H23N5O2S/c1-3-4-7-23(21,22)19-11-8-12(9-11)20(2)15-13-5-6-16-14(13)17-10-18-15/h5-6,10-12,19H,3-4,7-9H2,1-2H3,(H,16,17,18). The molecule has 2 heterocycles. The summed E-state index contributed by atoms with van der Waals surface area (Å²) in [6, 6.07) is 2.29. The molecule has 0 bridgehead atoms. The van der Waals surface area contributed by atoms with Crippen molar-refractivity contribution in [3.63, 3.8) is 0 Å². The van der Waals surface area contributed by atoms with Crippen LogP contribution in [0.25, 0.3) is 11.0 Å². The van der Waals surface area contributed by atoms with E-state index in [2.05, 4.69) is 24.6 Å². The Morgan fingerprint density at radius 2 is 2.17 bits per heavy atom. The first-order chi connectivity index (χ1) is 11.0. The maximum atomic E-state index is 11.9. The summed E-state index contributed by atoms with van der Waals surface area (Å²) in [6.45, 7) is 1.99. The van der Waals surface area contributed by atoms with Gasteiger partial charge in [-0.25, -0.2) is 23.1 Å². The third-order valence-electron chi connectivity index (χ3n) is 4.44. The Morgan fingerprint density at radius 3 is 2.91 bits per heavy atom. The second-order valence-electron chi connectivity index (χ2n) is 6.16. The lowest BCUT2D eigenvalue weighted by molar-refractivity contribution is 0.316. The van der Waals surface area contributed by atoms with Gasteiger partial charge in [0.15, 0.2) is 0 Å². The van der Waals surface area contributed by atoms with Gasteiger partial charge in [-0.15, -0.1) is 0 Å². The van der Waals surface area contributed by atoms with Crippen molar-refractivity contribution in [2.24, 2.45) is 0 Å². The summed E-state index contributed by atoms with van der Waals surface area (Å²) in [7, 11) is -1.14. The van der Waals surface area contributed by atoms with E-state index in [4.69, 9.17) is 0 Å². The van der Waals surface area contributed by atoms with Crippen molar-refractivity contribution in [1.82, 2.24) is 19.7 Å². The molecule has 1 saturated carbocycles. The van der Waals surface area contributed by atoms with E-state index < -0.39 is 10.0 Å². The van der Waals surface area contributed by atoms with Crippen molar-refractivity contribution in [3.8, 4) is 0 Å². The average Bonchev–Trinajstić information content (AvgIpc) is 2.96. The molecule has 23 heavy (non-hydrogen) atoms. The van der Waals surface area contributed by atoms with E-state index in [1.54, 1.807) is 6.33 Å². The summed E-state index contributed by atoms with van der Waals surface area (Å²) in [6.07, 6.45) is 6.60. The van der Waals surface area contributed by atoms with Crippen molar-refractivity contribution >= 4 is 26.9 Å². The van der Waals surface area contributed by atoms with Gasteiger partial charge in [-0.2, -0.15) is 0 Å². The van der Waals surface area contributed by atoms with Gasteiger partial charge in [0.05, 0.1) is 11.1 Å². The van der Waals surface area contributed by atoms with E-state index in [9.17, 15) is 8.42 Å². The van der Waals surface area contributed by atoms with Gasteiger partial charge in [0, 0.05) is 25.3 Å². The second kappa shape index (κ2) is 6.45. The van der Waals surface area contributed by atoms with Crippen molar-refractivity contribution < 1.29 is 8.42 Å². The van der Waals surface area contributed by atoms with E-state index in [0.29, 0.717) is 12.5 Å². The summed E-state index contributed by atoms with van der Waals surface area (Å²) in [5.74, 6) is 1.10. The number of sulfonamides is 1. The largest absolute Gasteiger partial charge is 0.356 e. The van der Waals surface area contributed by atoms with Gasteiger partial charge in [0.1, 0.15) is 17.8 Å². The highest BCUT2D eigenvalue weighted by Gasteiger charge is 2.35. The summed E-state index contributed by atoms with van der Waals surface area (Å²) in [5, 5.41) is 0.988. The van der Waals surface area contributed by atoms with Gasteiger partial charge >= 0.3 is 0 Å². The van der Waals surface area contributed by atoms with Gasteiger partial charge < -0.3 is 9.88 Å². The van der Waals surface area contributed by atoms with E-state index in [1.165, 1.54) is 0 Å². The molecular formula is C15H23N5O2S. The lowest BCUT2D eigenvalue weighted by Crippen LogP contribution is -2.53. The van der Waals surface area contributed by atoms with Crippen molar-refractivity contribution in [1.29, 1.82) is 0 Å². The number of aromatic amines is 1. The van der Waals surface area contributed by atoms with Crippen LogP contribution in [-0.4, -0.2) is 48.3 Å². The molecule has 0 amide bonds. The molecule has 1 aliphatic carbocycles. The van der Waals surface area contributed by atoms with Crippen LogP contribution >= 0.6 is 0 Å². The van der Waals surface area contributed by atoms with E-state index >= 15 is 0 Å². The molecule has 3 rings (SSSR count). The Hall–Kier alpha value is -1.67. The Bertz CT molecular complexity index is 767. The third kappa shape index (κ3) is 3.48. The third-order valence-corrected chi connectivity index (χ3v) is 5.96. The first kappa shape index (κ1) is 16.2. The molecule has 7 nitrogen and oxygen atoms in total. The maximum absolute atomic E-state index is 11.9. The van der Waals surface area contributed by atoms with Crippen LogP contribution in [0, 0.1) is 0 Å². The molecule has 2 aromatic rings. The average molecular weight is 337 g/mol. The molecule has 1 aliphatic rings. The van der Waals surface area contributed by atoms with Crippen molar-refractivity contribution in [2.45, 2.75) is 44.7 Å². The first-order valence-electron chi connectivity index (χ1n) is 8.01. The molecule has 0 radical (unpaired) electrons. The predicted octanol–water partition coefficient (Wildman–Crippen LogP) is 1.64. The van der Waals surface area contributed by atoms with Gasteiger partial charge in [0.25, 0.3) is 0 Å². The molecule has 126 valence electrons. The van der Waals surface area contributed by atoms with Crippen molar-refractivity contribution in [3.05, 3.63) is 18.6 Å². The van der Waals surface area contributed by atoms with E-state index in [-0.39, 0.29) is 11.8 Å². The zero-order valence-electron chi connectivity index (χ0n) is 13.5. The van der Waals surface area contributed by atoms with Crippen LogP contribution in [-0.2, 0) is 10.0 Å². The number of hydrogen-bond acceptors (Lipinski definition) is 5. The summed E-state index contributed by atoms with van der Waals surface area (Å²) < 4.78 is 26.7. The highest BCUT2D eigenvalue weighted by Crippen LogP contribution is 2.31. The molecule has 8 heteroatoms. The number of aromatic nitrogens is 3. The Labute approximate surface area is 136 Å². The lowest BCUT2D eigenvalue weighted by atomic mass is 9.86.